The Morgan fingerprint density at radius 2 is 0.694 bits per heavy atom. The van der Waals surface area contributed by atoms with Crippen LogP contribution < -0.4 is 0 Å². The van der Waals surface area contributed by atoms with Crippen molar-refractivity contribution in [3.05, 3.63) is 0 Å². The molecule has 36 heavy (non-hydrogen) atoms. The molecule has 0 aromatic rings. The number of unbranched alkanes of at least 4 members (excludes halogenated alkanes) is 6. The Hall–Kier alpha value is 0.588. The van der Waals surface area contributed by atoms with Crippen molar-refractivity contribution in [3.8, 4) is 0 Å². The second-order valence-corrected chi connectivity index (χ2v) is 20.1. The average Bonchev–Trinajstić information content (AvgIpc) is 2.91. The van der Waals surface area contributed by atoms with Crippen LogP contribution in [0.25, 0.3) is 0 Å². The Bertz CT molecular complexity index is 394. The van der Waals surface area contributed by atoms with E-state index >= 15 is 0 Å². The highest BCUT2D eigenvalue weighted by molar-refractivity contribution is 6.73. The molecule has 0 aliphatic rings. The molecule has 0 aromatic carbocycles. The standard InChI is InChI=1S/C25H60O7Si4/c1-26-23(27-2)33-17-11-8-14-20-36(32-7,21-15-9-12-18-34-24(28-3)29-4)22-16-10-13-19-35-25(30-5)31-6/h23-25H,8-22,33-35H2,1-7H3. The van der Waals surface area contributed by atoms with E-state index in [0.29, 0.717) is 0 Å². The third-order valence-electron chi connectivity index (χ3n) is 7.48. The summed E-state index contributed by atoms with van der Waals surface area (Å²) >= 11 is 0. The highest BCUT2D eigenvalue weighted by Crippen LogP contribution is 2.30. The Morgan fingerprint density at radius 1 is 0.417 bits per heavy atom. The van der Waals surface area contributed by atoms with Gasteiger partial charge in [-0.15, -0.1) is 0 Å². The molecule has 0 atom stereocenters. The molecule has 7 nitrogen and oxygen atoms in total. The fraction of sp³-hybridized carbons (Fsp3) is 1.00. The zero-order chi connectivity index (χ0) is 26.9. The maximum absolute atomic E-state index is 6.42. The van der Waals surface area contributed by atoms with Gasteiger partial charge < -0.3 is 32.8 Å². The first-order valence-electron chi connectivity index (χ1n) is 14.3. The number of methoxy groups -OCH3 is 6. The van der Waals surface area contributed by atoms with Crippen molar-refractivity contribution >= 4 is 36.9 Å². The van der Waals surface area contributed by atoms with Crippen LogP contribution in [0.4, 0.5) is 0 Å². The zero-order valence-corrected chi connectivity index (χ0v) is 30.1. The summed E-state index contributed by atoms with van der Waals surface area (Å²) in [6.45, 7) is 0. The molecule has 0 bridgehead atoms. The van der Waals surface area contributed by atoms with Crippen molar-refractivity contribution in [2.24, 2.45) is 0 Å². The topological polar surface area (TPSA) is 64.6 Å². The van der Waals surface area contributed by atoms with E-state index in [4.69, 9.17) is 32.8 Å². The van der Waals surface area contributed by atoms with E-state index in [-0.39, 0.29) is 46.3 Å². The molecule has 0 saturated carbocycles. The van der Waals surface area contributed by atoms with Crippen LogP contribution in [0.1, 0.15) is 57.8 Å². The van der Waals surface area contributed by atoms with E-state index < -0.39 is 8.32 Å². The molecule has 0 aromatic heterocycles. The monoisotopic (exact) mass is 584 g/mol. The van der Waals surface area contributed by atoms with E-state index in [1.165, 1.54) is 94.1 Å². The van der Waals surface area contributed by atoms with E-state index in [1.807, 2.05) is 7.11 Å². The van der Waals surface area contributed by atoms with Gasteiger partial charge in [0.2, 0.25) is 0 Å². The smallest absolute Gasteiger partial charge is 0.192 e. The minimum atomic E-state index is -1.67. The van der Waals surface area contributed by atoms with Crippen LogP contribution in [0.3, 0.4) is 0 Å². The van der Waals surface area contributed by atoms with Gasteiger partial charge in [-0.3, -0.25) is 0 Å². The summed E-state index contributed by atoms with van der Waals surface area (Å²) in [5.41, 5.74) is 0. The van der Waals surface area contributed by atoms with E-state index in [0.717, 1.165) is 0 Å². The molecule has 0 fully saturated rings. The van der Waals surface area contributed by atoms with Gasteiger partial charge in [0, 0.05) is 49.8 Å². The quantitative estimate of drug-likeness (QED) is 0.0791. The molecule has 0 heterocycles. The summed E-state index contributed by atoms with van der Waals surface area (Å²) in [4.78, 5) is 0. The number of ether oxygens (including phenoxy) is 6. The molecule has 0 N–H and O–H groups in total. The van der Waals surface area contributed by atoms with Gasteiger partial charge in [-0.1, -0.05) is 75.9 Å². The summed E-state index contributed by atoms with van der Waals surface area (Å²) < 4.78 is 38.7. The Balaban J connectivity index is 4.49. The van der Waals surface area contributed by atoms with Crippen molar-refractivity contribution in [1.82, 2.24) is 0 Å². The predicted octanol–water partition coefficient (Wildman–Crippen LogP) is 3.58. The van der Waals surface area contributed by atoms with Crippen molar-refractivity contribution in [2.45, 2.75) is 112 Å². The largest absolute Gasteiger partial charge is 0.420 e. The van der Waals surface area contributed by atoms with Gasteiger partial charge in [-0.25, -0.2) is 0 Å². The molecule has 0 amide bonds. The molecule has 0 saturated heterocycles. The van der Waals surface area contributed by atoms with Crippen molar-refractivity contribution in [2.75, 3.05) is 49.8 Å². The van der Waals surface area contributed by atoms with Crippen molar-refractivity contribution in [3.63, 3.8) is 0 Å². The lowest BCUT2D eigenvalue weighted by Gasteiger charge is -2.30. The molecule has 0 aliphatic heterocycles. The van der Waals surface area contributed by atoms with E-state index in [1.54, 1.807) is 42.7 Å². The highest BCUT2D eigenvalue weighted by atomic mass is 28.4. The third-order valence-corrected chi connectivity index (χ3v) is 18.3. The van der Waals surface area contributed by atoms with Gasteiger partial charge in [0.05, 0.1) is 28.6 Å². The van der Waals surface area contributed by atoms with Gasteiger partial charge in [0.15, 0.2) is 8.32 Å². The first kappa shape index (κ1) is 36.6. The average molecular weight is 585 g/mol. The molecule has 0 aliphatic carbocycles. The fourth-order valence-corrected chi connectivity index (χ4v) is 13.4. The summed E-state index contributed by atoms with van der Waals surface area (Å²) in [5.74, 6) is 0.235. The zero-order valence-electron chi connectivity index (χ0n) is 24.8. The molecule has 0 rings (SSSR count). The number of hydrogen-bond acceptors (Lipinski definition) is 7. The van der Waals surface area contributed by atoms with E-state index in [2.05, 4.69) is 0 Å². The fourth-order valence-electron chi connectivity index (χ4n) is 5.01. The summed E-state index contributed by atoms with van der Waals surface area (Å²) in [5, 5.41) is 0. The third kappa shape index (κ3) is 18.8. The van der Waals surface area contributed by atoms with Crippen molar-refractivity contribution in [1.29, 1.82) is 0 Å². The summed E-state index contributed by atoms with van der Waals surface area (Å²) in [6.07, 6.45) is 11.8. The Labute approximate surface area is 231 Å². The van der Waals surface area contributed by atoms with Gasteiger partial charge in [-0.05, 0) is 18.1 Å². The van der Waals surface area contributed by atoms with Gasteiger partial charge >= 0.3 is 0 Å². The molecular weight excluding hydrogens is 525 g/mol. The summed E-state index contributed by atoms with van der Waals surface area (Å²) in [7, 11) is 9.97. The van der Waals surface area contributed by atoms with Gasteiger partial charge in [0.1, 0.15) is 17.7 Å². The number of hydrogen-bond donors (Lipinski definition) is 0. The van der Waals surface area contributed by atoms with Gasteiger partial charge in [0.25, 0.3) is 0 Å². The second kappa shape index (κ2) is 25.8. The highest BCUT2D eigenvalue weighted by Gasteiger charge is 2.32. The maximum Gasteiger partial charge on any atom is 0.192 e. The number of rotatable bonds is 28. The lowest BCUT2D eigenvalue weighted by molar-refractivity contribution is -0.0442. The molecule has 0 spiro atoms. The maximum atomic E-state index is 6.42. The van der Waals surface area contributed by atoms with Crippen molar-refractivity contribution < 1.29 is 32.8 Å². The van der Waals surface area contributed by atoms with Crippen LogP contribution in [-0.4, -0.2) is 104 Å². The second-order valence-electron chi connectivity index (χ2n) is 9.95. The minimum Gasteiger partial charge on any atom is -0.420 e. The minimum absolute atomic E-state index is 0.0784. The Morgan fingerprint density at radius 3 is 0.917 bits per heavy atom. The van der Waals surface area contributed by atoms with Crippen LogP contribution in [0.15, 0.2) is 0 Å². The van der Waals surface area contributed by atoms with Crippen LogP contribution in [0.5, 0.6) is 0 Å². The van der Waals surface area contributed by atoms with Crippen LogP contribution in [0.2, 0.25) is 36.3 Å². The summed E-state index contributed by atoms with van der Waals surface area (Å²) in [6, 6.07) is 7.85. The molecule has 218 valence electrons. The molecule has 0 radical (unpaired) electrons. The molecule has 0 unspecified atom stereocenters. The molecule has 11 heteroatoms. The first-order chi connectivity index (χ1) is 17.5. The lowest BCUT2D eigenvalue weighted by Crippen LogP contribution is -2.36. The van der Waals surface area contributed by atoms with Gasteiger partial charge in [-0.2, -0.15) is 0 Å². The molecular formula is C25H60O7Si4. The predicted molar refractivity (Wildman–Crippen MR) is 162 cm³/mol. The first-order valence-corrected chi connectivity index (χ1v) is 22.2. The van der Waals surface area contributed by atoms with Crippen LogP contribution >= 0.6 is 0 Å². The Kier molecular flexibility index (Phi) is 26.3. The SMILES string of the molecule is COC(OC)[SiH2]CCCCC[Si](CCCCC[SiH2]C(OC)OC)(CCCCC[SiH2]C(OC)OC)OC. The normalized spacial score (nSPS) is 14.8. The lowest BCUT2D eigenvalue weighted by atomic mass is 10.3. The van der Waals surface area contributed by atoms with E-state index in [9.17, 15) is 0 Å². The van der Waals surface area contributed by atoms with Crippen LogP contribution in [0, 0.1) is 0 Å². The van der Waals surface area contributed by atoms with Crippen LogP contribution in [-0.2, 0) is 32.8 Å².